The number of nitrogens with one attached hydrogen (secondary N) is 1. The Morgan fingerprint density at radius 2 is 1.95 bits per heavy atom. The molecule has 6 nitrogen and oxygen atoms in total. The van der Waals surface area contributed by atoms with E-state index in [0.717, 1.165) is 11.3 Å². The average Bonchev–Trinajstić information content (AvgIpc) is 2.48. The third-order valence-corrected chi connectivity index (χ3v) is 2.98. The summed E-state index contributed by atoms with van der Waals surface area (Å²) in [7, 11) is 0. The third-order valence-electron chi connectivity index (χ3n) is 2.98. The molecule has 0 aliphatic rings. The number of nitrogen functional groups attached to an aromatic ring is 1. The maximum Gasteiger partial charge on any atom is 0.274 e. The predicted molar refractivity (Wildman–Crippen MR) is 79.9 cm³/mol. The Morgan fingerprint density at radius 1 is 1.29 bits per heavy atom. The maximum atomic E-state index is 12.1. The van der Waals surface area contributed by atoms with Crippen LogP contribution < -0.4 is 15.8 Å². The lowest BCUT2D eigenvalue weighted by Crippen LogP contribution is -2.28. The molecule has 2 aromatic rings. The van der Waals surface area contributed by atoms with Gasteiger partial charge in [0.2, 0.25) is 0 Å². The molecule has 1 amide bonds. The van der Waals surface area contributed by atoms with Crippen LogP contribution in [0.1, 0.15) is 35.9 Å². The summed E-state index contributed by atoms with van der Waals surface area (Å²) in [6.45, 7) is 4.44. The molecule has 0 radical (unpaired) electrons. The van der Waals surface area contributed by atoms with Gasteiger partial charge >= 0.3 is 0 Å². The largest absolute Gasteiger partial charge is 0.494 e. The van der Waals surface area contributed by atoms with Crippen LogP contribution >= 0.6 is 0 Å². The summed E-state index contributed by atoms with van der Waals surface area (Å²) in [5, 5.41) is 2.84. The molecular formula is C15H18N4O2. The van der Waals surface area contributed by atoms with Crippen molar-refractivity contribution in [2.75, 3.05) is 12.3 Å². The second kappa shape index (κ2) is 6.69. The molecule has 1 aromatic carbocycles. The van der Waals surface area contributed by atoms with E-state index < -0.39 is 0 Å². The van der Waals surface area contributed by atoms with Crippen LogP contribution in [0.25, 0.3) is 0 Å². The number of carbonyl (C=O) groups excluding carboxylic acids is 1. The summed E-state index contributed by atoms with van der Waals surface area (Å²) in [6.07, 6.45) is 2.88. The lowest BCUT2D eigenvalue weighted by atomic mass is 10.1. The number of carbonyl (C=O) groups is 1. The van der Waals surface area contributed by atoms with Gasteiger partial charge in [0.05, 0.1) is 12.6 Å². The Morgan fingerprint density at radius 3 is 2.57 bits per heavy atom. The highest BCUT2D eigenvalue weighted by Gasteiger charge is 2.15. The average molecular weight is 286 g/mol. The van der Waals surface area contributed by atoms with Gasteiger partial charge in [0.25, 0.3) is 5.91 Å². The Kier molecular flexibility index (Phi) is 4.71. The number of hydrogen-bond donors (Lipinski definition) is 2. The third kappa shape index (κ3) is 3.68. The van der Waals surface area contributed by atoms with E-state index in [0.29, 0.717) is 6.61 Å². The number of anilines is 1. The Balaban J connectivity index is 2.05. The van der Waals surface area contributed by atoms with E-state index in [1.54, 1.807) is 0 Å². The minimum Gasteiger partial charge on any atom is -0.494 e. The SMILES string of the molecule is CCOc1ccc([C@@H](C)NC(=O)c2nccnc2N)cc1. The lowest BCUT2D eigenvalue weighted by Gasteiger charge is -2.15. The van der Waals surface area contributed by atoms with Crippen molar-refractivity contribution in [2.45, 2.75) is 19.9 Å². The Bertz CT molecular complexity index is 613. The Labute approximate surface area is 123 Å². The molecule has 0 fully saturated rings. The van der Waals surface area contributed by atoms with E-state index in [1.165, 1.54) is 12.4 Å². The molecule has 1 aromatic heterocycles. The topological polar surface area (TPSA) is 90.1 Å². The summed E-state index contributed by atoms with van der Waals surface area (Å²) < 4.78 is 5.38. The van der Waals surface area contributed by atoms with Crippen molar-refractivity contribution >= 4 is 11.7 Å². The number of ether oxygens (including phenoxy) is 1. The second-order valence-electron chi connectivity index (χ2n) is 4.49. The van der Waals surface area contributed by atoms with Crippen LogP contribution in [0.4, 0.5) is 5.82 Å². The van der Waals surface area contributed by atoms with Crippen LogP contribution in [0.5, 0.6) is 5.75 Å². The normalized spacial score (nSPS) is 11.7. The molecule has 0 saturated heterocycles. The van der Waals surface area contributed by atoms with E-state index >= 15 is 0 Å². The molecule has 1 atom stereocenters. The van der Waals surface area contributed by atoms with Crippen molar-refractivity contribution in [1.29, 1.82) is 0 Å². The van der Waals surface area contributed by atoms with Gasteiger partial charge in [-0.15, -0.1) is 0 Å². The first-order chi connectivity index (χ1) is 10.1. The first kappa shape index (κ1) is 14.8. The zero-order chi connectivity index (χ0) is 15.2. The van der Waals surface area contributed by atoms with Crippen LogP contribution in [-0.2, 0) is 0 Å². The fourth-order valence-electron chi connectivity index (χ4n) is 1.89. The van der Waals surface area contributed by atoms with Crippen LogP contribution in [0, 0.1) is 0 Å². The molecule has 0 spiro atoms. The van der Waals surface area contributed by atoms with Gasteiger partial charge in [0.15, 0.2) is 11.5 Å². The molecule has 0 unspecified atom stereocenters. The molecule has 0 saturated carbocycles. The molecule has 2 rings (SSSR count). The zero-order valence-corrected chi connectivity index (χ0v) is 12.0. The zero-order valence-electron chi connectivity index (χ0n) is 12.0. The highest BCUT2D eigenvalue weighted by Crippen LogP contribution is 2.18. The van der Waals surface area contributed by atoms with Crippen molar-refractivity contribution in [3.63, 3.8) is 0 Å². The van der Waals surface area contributed by atoms with Crippen molar-refractivity contribution in [2.24, 2.45) is 0 Å². The van der Waals surface area contributed by atoms with Gasteiger partial charge in [-0.05, 0) is 31.5 Å². The molecule has 6 heteroatoms. The highest BCUT2D eigenvalue weighted by atomic mass is 16.5. The number of aromatic nitrogens is 2. The van der Waals surface area contributed by atoms with Crippen molar-refractivity contribution in [3.05, 3.63) is 47.9 Å². The summed E-state index contributed by atoms with van der Waals surface area (Å²) in [5.41, 5.74) is 6.74. The number of nitrogens with two attached hydrogens (primary N) is 1. The fraction of sp³-hybridized carbons (Fsp3) is 0.267. The van der Waals surface area contributed by atoms with E-state index in [-0.39, 0.29) is 23.5 Å². The summed E-state index contributed by atoms with van der Waals surface area (Å²) in [4.78, 5) is 19.9. The van der Waals surface area contributed by atoms with Gasteiger partial charge in [-0.3, -0.25) is 4.79 Å². The van der Waals surface area contributed by atoms with Crippen LogP contribution in [-0.4, -0.2) is 22.5 Å². The molecule has 110 valence electrons. The molecule has 0 aliphatic heterocycles. The summed E-state index contributed by atoms with van der Waals surface area (Å²) in [6, 6.07) is 7.40. The van der Waals surface area contributed by atoms with E-state index in [1.807, 2.05) is 38.1 Å². The van der Waals surface area contributed by atoms with E-state index in [9.17, 15) is 4.79 Å². The van der Waals surface area contributed by atoms with Crippen LogP contribution in [0.15, 0.2) is 36.7 Å². The Hall–Kier alpha value is -2.63. The van der Waals surface area contributed by atoms with Gasteiger partial charge < -0.3 is 15.8 Å². The van der Waals surface area contributed by atoms with Gasteiger partial charge in [-0.1, -0.05) is 12.1 Å². The van der Waals surface area contributed by atoms with Crippen LogP contribution in [0.3, 0.4) is 0 Å². The van der Waals surface area contributed by atoms with Gasteiger partial charge in [-0.25, -0.2) is 9.97 Å². The molecule has 3 N–H and O–H groups in total. The fourth-order valence-corrected chi connectivity index (χ4v) is 1.89. The van der Waals surface area contributed by atoms with E-state index in [4.69, 9.17) is 10.5 Å². The highest BCUT2D eigenvalue weighted by molar-refractivity contribution is 5.96. The molecular weight excluding hydrogens is 268 g/mol. The van der Waals surface area contributed by atoms with Gasteiger partial charge in [0.1, 0.15) is 5.75 Å². The summed E-state index contributed by atoms with van der Waals surface area (Å²) in [5.74, 6) is 0.578. The number of nitrogens with zero attached hydrogens (tertiary/aromatic N) is 2. The second-order valence-corrected chi connectivity index (χ2v) is 4.49. The minimum absolute atomic E-state index is 0.119. The van der Waals surface area contributed by atoms with E-state index in [2.05, 4.69) is 15.3 Å². The van der Waals surface area contributed by atoms with Gasteiger partial charge in [-0.2, -0.15) is 0 Å². The first-order valence-corrected chi connectivity index (χ1v) is 6.72. The lowest BCUT2D eigenvalue weighted by molar-refractivity contribution is 0.0935. The minimum atomic E-state index is -0.345. The molecule has 0 aliphatic carbocycles. The number of rotatable bonds is 5. The van der Waals surface area contributed by atoms with Crippen molar-refractivity contribution in [3.8, 4) is 5.75 Å². The van der Waals surface area contributed by atoms with Crippen molar-refractivity contribution in [1.82, 2.24) is 15.3 Å². The van der Waals surface area contributed by atoms with Crippen LogP contribution in [0.2, 0.25) is 0 Å². The first-order valence-electron chi connectivity index (χ1n) is 6.72. The smallest absolute Gasteiger partial charge is 0.274 e. The number of hydrogen-bond acceptors (Lipinski definition) is 5. The standard InChI is InChI=1S/C15H18N4O2/c1-3-21-12-6-4-11(5-7-12)10(2)19-15(20)13-14(16)18-9-8-17-13/h4-10H,3H2,1-2H3,(H2,16,18)(H,19,20)/t10-/m1/s1. The molecule has 21 heavy (non-hydrogen) atoms. The quantitative estimate of drug-likeness (QED) is 0.876. The summed E-state index contributed by atoms with van der Waals surface area (Å²) >= 11 is 0. The van der Waals surface area contributed by atoms with Gasteiger partial charge in [0, 0.05) is 12.4 Å². The predicted octanol–water partition coefficient (Wildman–Crippen LogP) is 1.95. The number of amides is 1. The number of benzene rings is 1. The monoisotopic (exact) mass is 286 g/mol. The maximum absolute atomic E-state index is 12.1. The molecule has 1 heterocycles. The molecule has 0 bridgehead atoms. The van der Waals surface area contributed by atoms with Crippen molar-refractivity contribution < 1.29 is 9.53 Å².